The molecule has 1 aliphatic rings. The van der Waals surface area contributed by atoms with Crippen LogP contribution in [0.2, 0.25) is 0 Å². The lowest BCUT2D eigenvalue weighted by atomic mass is 10.1. The lowest BCUT2D eigenvalue weighted by Crippen LogP contribution is -2.46. The van der Waals surface area contributed by atoms with Crippen molar-refractivity contribution in [2.75, 3.05) is 37.6 Å². The Labute approximate surface area is 136 Å². The fourth-order valence-corrected chi connectivity index (χ4v) is 2.67. The van der Waals surface area contributed by atoms with Crippen LogP contribution >= 0.6 is 11.6 Å². The molecule has 9 heteroatoms. The Morgan fingerprint density at radius 1 is 1.30 bits per heavy atom. The van der Waals surface area contributed by atoms with E-state index in [-0.39, 0.29) is 5.69 Å². The molecule has 1 aliphatic heterocycles. The van der Waals surface area contributed by atoms with Gasteiger partial charge in [0, 0.05) is 43.8 Å². The second-order valence-corrected chi connectivity index (χ2v) is 5.77. The Morgan fingerprint density at radius 2 is 1.91 bits per heavy atom. The number of nitro groups is 1. The second-order valence-electron chi connectivity index (χ2n) is 5.24. The van der Waals surface area contributed by atoms with Gasteiger partial charge in [-0.25, -0.2) is 0 Å². The van der Waals surface area contributed by atoms with Crippen LogP contribution in [-0.4, -0.2) is 42.5 Å². The summed E-state index contributed by atoms with van der Waals surface area (Å²) in [4.78, 5) is 14.1. The number of rotatable bonds is 4. The lowest BCUT2D eigenvalue weighted by Gasteiger charge is -2.35. The summed E-state index contributed by atoms with van der Waals surface area (Å²) in [5.74, 6) is 0. The van der Waals surface area contributed by atoms with Crippen molar-refractivity contribution in [3.8, 4) is 0 Å². The first kappa shape index (κ1) is 17.6. The normalized spacial score (nSPS) is 16.4. The third kappa shape index (κ3) is 4.35. The van der Waals surface area contributed by atoms with Crippen LogP contribution in [-0.2, 0) is 6.18 Å². The van der Waals surface area contributed by atoms with Gasteiger partial charge in [0.25, 0.3) is 5.69 Å². The lowest BCUT2D eigenvalue weighted by molar-refractivity contribution is -0.384. The Bertz CT molecular complexity index is 614. The van der Waals surface area contributed by atoms with Crippen molar-refractivity contribution in [1.82, 2.24) is 4.90 Å². The monoisotopic (exact) mass is 349 g/mol. The molecule has 0 unspecified atom stereocenters. The largest absolute Gasteiger partial charge is 0.416 e. The molecule has 1 aromatic carbocycles. The first-order valence-corrected chi connectivity index (χ1v) is 7.22. The van der Waals surface area contributed by atoms with E-state index in [0.29, 0.717) is 43.8 Å². The minimum absolute atomic E-state index is 0.201. The number of anilines is 1. The molecule has 1 saturated heterocycles. The predicted molar refractivity (Wildman–Crippen MR) is 81.7 cm³/mol. The van der Waals surface area contributed by atoms with Gasteiger partial charge in [0.15, 0.2) is 0 Å². The number of hydrogen-bond acceptors (Lipinski definition) is 4. The molecule has 0 aliphatic carbocycles. The van der Waals surface area contributed by atoms with Crippen molar-refractivity contribution in [1.29, 1.82) is 0 Å². The highest BCUT2D eigenvalue weighted by molar-refractivity contribution is 6.29. The van der Waals surface area contributed by atoms with Crippen LogP contribution in [0.4, 0.5) is 24.5 Å². The van der Waals surface area contributed by atoms with Gasteiger partial charge in [-0.3, -0.25) is 15.0 Å². The molecule has 0 amide bonds. The van der Waals surface area contributed by atoms with Gasteiger partial charge in [-0.2, -0.15) is 13.2 Å². The molecule has 0 bridgehead atoms. The summed E-state index contributed by atoms with van der Waals surface area (Å²) in [5, 5.41) is 11.6. The van der Waals surface area contributed by atoms with Gasteiger partial charge in [-0.15, -0.1) is 0 Å². The molecule has 23 heavy (non-hydrogen) atoms. The highest BCUT2D eigenvalue weighted by atomic mass is 35.5. The van der Waals surface area contributed by atoms with E-state index >= 15 is 0 Å². The summed E-state index contributed by atoms with van der Waals surface area (Å²) in [6.07, 6.45) is -4.61. The number of nitro benzene ring substituents is 1. The highest BCUT2D eigenvalue weighted by Gasteiger charge is 2.34. The minimum Gasteiger partial charge on any atom is -0.363 e. The van der Waals surface area contributed by atoms with Crippen molar-refractivity contribution in [2.45, 2.75) is 6.18 Å². The van der Waals surface area contributed by atoms with Crippen LogP contribution in [0.5, 0.6) is 0 Å². The molecule has 0 aromatic heterocycles. The van der Waals surface area contributed by atoms with Gasteiger partial charge in [0.1, 0.15) is 5.69 Å². The van der Waals surface area contributed by atoms with E-state index in [1.807, 2.05) is 4.90 Å². The van der Waals surface area contributed by atoms with Gasteiger partial charge in [-0.1, -0.05) is 18.2 Å². The molecule has 5 nitrogen and oxygen atoms in total. The van der Waals surface area contributed by atoms with Gasteiger partial charge in [0.05, 0.1) is 10.5 Å². The van der Waals surface area contributed by atoms with E-state index < -0.39 is 22.4 Å². The second kappa shape index (κ2) is 6.76. The number of benzene rings is 1. The number of hydrogen-bond donors (Lipinski definition) is 0. The number of piperazine rings is 1. The van der Waals surface area contributed by atoms with Crippen LogP contribution < -0.4 is 4.90 Å². The predicted octanol–water partition coefficient (Wildman–Crippen LogP) is 3.49. The van der Waals surface area contributed by atoms with Gasteiger partial charge in [0.2, 0.25) is 0 Å². The Hall–Kier alpha value is -1.80. The van der Waals surface area contributed by atoms with Crippen molar-refractivity contribution >= 4 is 23.0 Å². The zero-order valence-corrected chi connectivity index (χ0v) is 12.9. The maximum absolute atomic E-state index is 12.7. The highest BCUT2D eigenvalue weighted by Crippen LogP contribution is 2.36. The van der Waals surface area contributed by atoms with Crippen LogP contribution in [0, 0.1) is 10.1 Å². The third-order valence-electron chi connectivity index (χ3n) is 3.61. The number of alkyl halides is 3. The van der Waals surface area contributed by atoms with E-state index in [2.05, 4.69) is 6.58 Å². The zero-order valence-electron chi connectivity index (χ0n) is 12.1. The topological polar surface area (TPSA) is 49.6 Å². The van der Waals surface area contributed by atoms with Crippen LogP contribution in [0.15, 0.2) is 29.8 Å². The molecular formula is C14H15ClF3N3O2. The van der Waals surface area contributed by atoms with E-state index in [1.165, 1.54) is 0 Å². The summed E-state index contributed by atoms with van der Waals surface area (Å²) < 4.78 is 38.1. The first-order valence-electron chi connectivity index (χ1n) is 6.84. The van der Waals surface area contributed by atoms with Crippen molar-refractivity contribution in [3.63, 3.8) is 0 Å². The molecule has 1 heterocycles. The molecule has 126 valence electrons. The molecular weight excluding hydrogens is 335 g/mol. The first-order chi connectivity index (χ1) is 10.7. The molecule has 0 saturated carbocycles. The summed E-state index contributed by atoms with van der Waals surface area (Å²) >= 11 is 5.75. The van der Waals surface area contributed by atoms with E-state index in [1.54, 1.807) is 4.90 Å². The van der Waals surface area contributed by atoms with E-state index in [4.69, 9.17) is 11.6 Å². The zero-order chi connectivity index (χ0) is 17.2. The van der Waals surface area contributed by atoms with E-state index in [9.17, 15) is 23.3 Å². The Balaban J connectivity index is 2.20. The van der Waals surface area contributed by atoms with Gasteiger partial charge >= 0.3 is 6.18 Å². The molecule has 0 N–H and O–H groups in total. The van der Waals surface area contributed by atoms with Crippen molar-refractivity contribution in [2.24, 2.45) is 0 Å². The molecule has 0 spiro atoms. The summed E-state index contributed by atoms with van der Waals surface area (Å²) in [7, 11) is 0. The van der Waals surface area contributed by atoms with Crippen LogP contribution in [0.3, 0.4) is 0 Å². The minimum atomic E-state index is -4.61. The summed E-state index contributed by atoms with van der Waals surface area (Å²) in [5.41, 5.74) is -1.35. The fraction of sp³-hybridized carbons (Fsp3) is 0.429. The van der Waals surface area contributed by atoms with Crippen LogP contribution in [0.25, 0.3) is 0 Å². The maximum atomic E-state index is 12.7. The van der Waals surface area contributed by atoms with Crippen molar-refractivity contribution in [3.05, 3.63) is 45.5 Å². The quantitative estimate of drug-likeness (QED) is 0.617. The van der Waals surface area contributed by atoms with Crippen LogP contribution in [0.1, 0.15) is 5.56 Å². The Kier molecular flexibility index (Phi) is 5.16. The smallest absolute Gasteiger partial charge is 0.363 e. The SMILES string of the molecule is C=C(Cl)CN1CCN(c2ccc(C(F)(F)F)cc2[N+](=O)[O-])CC1. The molecule has 1 fully saturated rings. The number of nitrogens with zero attached hydrogens (tertiary/aromatic N) is 3. The summed E-state index contributed by atoms with van der Waals surface area (Å²) in [6.45, 7) is 6.27. The van der Waals surface area contributed by atoms with Gasteiger partial charge < -0.3 is 4.90 Å². The average Bonchev–Trinajstić information content (AvgIpc) is 2.46. The van der Waals surface area contributed by atoms with E-state index in [0.717, 1.165) is 12.1 Å². The van der Waals surface area contributed by atoms with Crippen molar-refractivity contribution < 1.29 is 18.1 Å². The number of halogens is 4. The maximum Gasteiger partial charge on any atom is 0.416 e. The van der Waals surface area contributed by atoms with Gasteiger partial charge in [-0.05, 0) is 12.1 Å². The average molecular weight is 350 g/mol. The molecule has 1 aromatic rings. The fourth-order valence-electron chi connectivity index (χ4n) is 2.50. The molecule has 2 rings (SSSR count). The molecule has 0 atom stereocenters. The third-order valence-corrected chi connectivity index (χ3v) is 3.73. The summed E-state index contributed by atoms with van der Waals surface area (Å²) in [6, 6.07) is 2.62. The molecule has 0 radical (unpaired) electrons. The Morgan fingerprint density at radius 3 is 2.39 bits per heavy atom. The standard InChI is InChI=1S/C14H15ClF3N3O2/c1-10(15)9-19-4-6-20(7-5-19)12-3-2-11(14(16,17)18)8-13(12)21(22)23/h2-3,8H,1,4-7,9H2.